The Morgan fingerprint density at radius 1 is 1.32 bits per heavy atom. The summed E-state index contributed by atoms with van der Waals surface area (Å²) >= 11 is 12.0. The van der Waals surface area contributed by atoms with Crippen LogP contribution in [0.1, 0.15) is 35.4 Å². The molecule has 1 aliphatic rings. The van der Waals surface area contributed by atoms with Gasteiger partial charge in [-0.25, -0.2) is 0 Å². The van der Waals surface area contributed by atoms with Crippen LogP contribution >= 0.6 is 23.2 Å². The van der Waals surface area contributed by atoms with Gasteiger partial charge in [0.2, 0.25) is 5.91 Å². The van der Waals surface area contributed by atoms with E-state index in [-0.39, 0.29) is 17.9 Å². The van der Waals surface area contributed by atoms with Crippen molar-refractivity contribution in [3.8, 4) is 0 Å². The van der Waals surface area contributed by atoms with Crippen molar-refractivity contribution in [2.24, 2.45) is 0 Å². The van der Waals surface area contributed by atoms with Crippen molar-refractivity contribution in [3.63, 3.8) is 0 Å². The first-order valence-electron chi connectivity index (χ1n) is 7.09. The highest BCUT2D eigenvalue weighted by Crippen LogP contribution is 2.46. The molecule has 0 unspecified atom stereocenters. The van der Waals surface area contributed by atoms with Crippen LogP contribution in [0.25, 0.3) is 0 Å². The molecule has 1 aliphatic carbocycles. The van der Waals surface area contributed by atoms with Crippen LogP contribution < -0.4 is 5.32 Å². The van der Waals surface area contributed by atoms with Crippen LogP contribution in [0, 0.1) is 13.8 Å². The van der Waals surface area contributed by atoms with Crippen LogP contribution in [0.15, 0.2) is 22.7 Å². The number of carbonyl (C=O) groups excluding carboxylic acids is 1. The molecule has 1 aromatic heterocycles. The Bertz CT molecular complexity index is 716. The summed E-state index contributed by atoms with van der Waals surface area (Å²) in [6.45, 7) is 3.65. The third-order valence-electron chi connectivity index (χ3n) is 4.12. The van der Waals surface area contributed by atoms with Crippen molar-refractivity contribution >= 4 is 29.1 Å². The number of carbonyl (C=O) groups is 1. The lowest BCUT2D eigenvalue weighted by Crippen LogP contribution is -2.36. The van der Waals surface area contributed by atoms with Crippen molar-refractivity contribution in [2.75, 3.05) is 0 Å². The van der Waals surface area contributed by atoms with Crippen LogP contribution in [0.2, 0.25) is 10.0 Å². The molecular formula is C16H16Cl2N2O2. The monoisotopic (exact) mass is 338 g/mol. The molecule has 0 bridgehead atoms. The first-order chi connectivity index (χ1) is 10.4. The van der Waals surface area contributed by atoms with Gasteiger partial charge in [-0.15, -0.1) is 0 Å². The molecular weight excluding hydrogens is 323 g/mol. The molecule has 22 heavy (non-hydrogen) atoms. The number of rotatable bonds is 4. The van der Waals surface area contributed by atoms with Gasteiger partial charge in [0, 0.05) is 5.56 Å². The number of nitrogens with zero attached hydrogens (tertiary/aromatic N) is 1. The van der Waals surface area contributed by atoms with Crippen LogP contribution in [0.5, 0.6) is 0 Å². The Hall–Kier alpha value is -1.52. The Balaban J connectivity index is 1.74. The van der Waals surface area contributed by atoms with Gasteiger partial charge in [0.25, 0.3) is 0 Å². The molecule has 6 heteroatoms. The zero-order chi connectivity index (χ0) is 15.9. The van der Waals surface area contributed by atoms with Gasteiger partial charge in [0.05, 0.1) is 27.7 Å². The maximum atomic E-state index is 12.4. The van der Waals surface area contributed by atoms with E-state index in [1.807, 2.05) is 26.0 Å². The minimum Gasteiger partial charge on any atom is -0.361 e. The molecule has 4 nitrogen and oxygen atoms in total. The number of aromatic nitrogens is 1. The van der Waals surface area contributed by atoms with Crippen molar-refractivity contribution in [1.29, 1.82) is 0 Å². The largest absolute Gasteiger partial charge is 0.361 e. The fraction of sp³-hybridized carbons (Fsp3) is 0.375. The number of aryl methyl sites for hydroxylation is 2. The zero-order valence-corrected chi connectivity index (χ0v) is 13.9. The Kier molecular flexibility index (Phi) is 3.91. The topological polar surface area (TPSA) is 55.1 Å². The quantitative estimate of drug-likeness (QED) is 0.918. The van der Waals surface area contributed by atoms with Gasteiger partial charge in [-0.3, -0.25) is 4.79 Å². The minimum atomic E-state index is -0.315. The molecule has 116 valence electrons. The van der Waals surface area contributed by atoms with Crippen LogP contribution in [0.4, 0.5) is 0 Å². The summed E-state index contributed by atoms with van der Waals surface area (Å²) in [6, 6.07) is 5.50. The smallest absolute Gasteiger partial charge is 0.225 e. The van der Waals surface area contributed by atoms with E-state index in [0.717, 1.165) is 29.7 Å². The fourth-order valence-corrected chi connectivity index (χ4v) is 2.93. The molecule has 1 aromatic carbocycles. The molecule has 1 fully saturated rings. The van der Waals surface area contributed by atoms with E-state index in [9.17, 15) is 4.79 Å². The lowest BCUT2D eigenvalue weighted by atomic mass is 10.0. The molecule has 0 aliphatic heterocycles. The number of halogens is 2. The van der Waals surface area contributed by atoms with Crippen molar-refractivity contribution in [1.82, 2.24) is 10.5 Å². The third-order valence-corrected chi connectivity index (χ3v) is 4.86. The first-order valence-corrected chi connectivity index (χ1v) is 7.85. The SMILES string of the molecule is Cc1noc(C)c1CC(=O)NC1(c2ccc(Cl)c(Cl)c2)CC1. The summed E-state index contributed by atoms with van der Waals surface area (Å²) < 4.78 is 5.09. The summed E-state index contributed by atoms with van der Waals surface area (Å²) in [4.78, 5) is 12.4. The molecule has 3 rings (SSSR count). The van der Waals surface area contributed by atoms with Crippen molar-refractivity contribution < 1.29 is 9.32 Å². The van der Waals surface area contributed by atoms with Gasteiger partial charge in [-0.1, -0.05) is 34.4 Å². The summed E-state index contributed by atoms with van der Waals surface area (Å²) in [5.74, 6) is 0.644. The summed E-state index contributed by atoms with van der Waals surface area (Å²) in [5.41, 5.74) is 2.29. The second kappa shape index (κ2) is 5.60. The average Bonchev–Trinajstić information content (AvgIpc) is 3.18. The lowest BCUT2D eigenvalue weighted by molar-refractivity contribution is -0.121. The lowest BCUT2D eigenvalue weighted by Gasteiger charge is -2.18. The second-order valence-corrected chi connectivity index (χ2v) is 6.55. The van der Waals surface area contributed by atoms with E-state index in [2.05, 4.69) is 10.5 Å². The highest BCUT2D eigenvalue weighted by Gasteiger charge is 2.45. The van der Waals surface area contributed by atoms with E-state index in [4.69, 9.17) is 27.7 Å². The Morgan fingerprint density at radius 2 is 2.05 bits per heavy atom. The normalized spacial score (nSPS) is 15.6. The van der Waals surface area contributed by atoms with Crippen LogP contribution in [0.3, 0.4) is 0 Å². The summed E-state index contributed by atoms with van der Waals surface area (Å²) in [6.07, 6.45) is 2.07. The average molecular weight is 339 g/mol. The van der Waals surface area contributed by atoms with Gasteiger partial charge in [0.1, 0.15) is 5.76 Å². The van der Waals surface area contributed by atoms with Crippen molar-refractivity contribution in [3.05, 3.63) is 50.8 Å². The van der Waals surface area contributed by atoms with Gasteiger partial charge in [-0.2, -0.15) is 0 Å². The van der Waals surface area contributed by atoms with Crippen LogP contribution in [-0.2, 0) is 16.8 Å². The second-order valence-electron chi connectivity index (χ2n) is 5.74. The molecule has 1 N–H and O–H groups in total. The fourth-order valence-electron chi connectivity index (χ4n) is 2.63. The molecule has 0 radical (unpaired) electrons. The van der Waals surface area contributed by atoms with Gasteiger partial charge in [-0.05, 0) is 44.4 Å². The third kappa shape index (κ3) is 2.85. The summed E-state index contributed by atoms with van der Waals surface area (Å²) in [7, 11) is 0. The van der Waals surface area contributed by atoms with E-state index in [1.165, 1.54) is 0 Å². The zero-order valence-electron chi connectivity index (χ0n) is 12.4. The summed E-state index contributed by atoms with van der Waals surface area (Å²) in [5, 5.41) is 8.01. The molecule has 1 saturated carbocycles. The standard InChI is InChI=1S/C16H16Cl2N2O2/c1-9-12(10(2)22-20-9)8-15(21)19-16(5-6-16)11-3-4-13(17)14(18)7-11/h3-4,7H,5-6,8H2,1-2H3,(H,19,21). The predicted molar refractivity (Wildman–Crippen MR) is 85.2 cm³/mol. The molecule has 0 spiro atoms. The van der Waals surface area contributed by atoms with Crippen LogP contribution in [-0.4, -0.2) is 11.1 Å². The first kappa shape index (κ1) is 15.4. The van der Waals surface area contributed by atoms with Gasteiger partial charge < -0.3 is 9.84 Å². The maximum absolute atomic E-state index is 12.4. The number of amides is 1. The highest BCUT2D eigenvalue weighted by atomic mass is 35.5. The highest BCUT2D eigenvalue weighted by molar-refractivity contribution is 6.42. The van der Waals surface area contributed by atoms with E-state index in [1.54, 1.807) is 6.07 Å². The van der Waals surface area contributed by atoms with Crippen molar-refractivity contribution in [2.45, 2.75) is 38.6 Å². The molecule has 0 atom stereocenters. The number of benzene rings is 1. The number of nitrogens with one attached hydrogen (secondary N) is 1. The van der Waals surface area contributed by atoms with Gasteiger partial charge >= 0.3 is 0 Å². The van der Waals surface area contributed by atoms with E-state index in [0.29, 0.717) is 15.8 Å². The minimum absolute atomic E-state index is 0.0435. The molecule has 1 amide bonds. The molecule has 2 aromatic rings. The van der Waals surface area contributed by atoms with Gasteiger partial charge in [0.15, 0.2) is 0 Å². The molecule has 1 heterocycles. The molecule has 0 saturated heterocycles. The van der Waals surface area contributed by atoms with E-state index >= 15 is 0 Å². The maximum Gasteiger partial charge on any atom is 0.225 e. The predicted octanol–water partition coefficient (Wildman–Crippen LogP) is 3.95. The Morgan fingerprint density at radius 3 is 2.59 bits per heavy atom. The van der Waals surface area contributed by atoms with E-state index < -0.39 is 0 Å². The number of hydrogen-bond acceptors (Lipinski definition) is 3. The number of hydrogen-bond donors (Lipinski definition) is 1. The Labute approximate surface area is 138 Å².